The van der Waals surface area contributed by atoms with Crippen LogP contribution in [0, 0.1) is 0 Å². The fraction of sp³-hybridized carbons (Fsp3) is 0.500. The standard InChI is InChI=1S/C12H17NO5S/c1-17-10-4-3-5-11(12(10)18-2)19(15,16)13-7-6-9(14)8-13/h3-5,9,14H,6-8H2,1-2H3. The summed E-state index contributed by atoms with van der Waals surface area (Å²) < 4.78 is 36.5. The van der Waals surface area contributed by atoms with Crippen LogP contribution in [0.25, 0.3) is 0 Å². The summed E-state index contributed by atoms with van der Waals surface area (Å²) in [6, 6.07) is 4.71. The lowest BCUT2D eigenvalue weighted by Gasteiger charge is -2.18. The molecule has 0 aliphatic carbocycles. The summed E-state index contributed by atoms with van der Waals surface area (Å²) in [7, 11) is -0.828. The van der Waals surface area contributed by atoms with Crippen LogP contribution in [0.2, 0.25) is 0 Å². The van der Waals surface area contributed by atoms with Crippen molar-refractivity contribution in [1.82, 2.24) is 4.31 Å². The van der Waals surface area contributed by atoms with E-state index in [1.807, 2.05) is 0 Å². The molecule has 1 aliphatic rings. The van der Waals surface area contributed by atoms with Gasteiger partial charge < -0.3 is 14.6 Å². The van der Waals surface area contributed by atoms with Crippen molar-refractivity contribution in [3.05, 3.63) is 18.2 Å². The number of para-hydroxylation sites is 1. The number of sulfonamides is 1. The predicted molar refractivity (Wildman–Crippen MR) is 68.9 cm³/mol. The maximum absolute atomic E-state index is 12.5. The molecule has 0 amide bonds. The molecular formula is C12H17NO5S. The van der Waals surface area contributed by atoms with Crippen LogP contribution in [-0.2, 0) is 10.0 Å². The third kappa shape index (κ3) is 2.54. The van der Waals surface area contributed by atoms with Crippen molar-refractivity contribution in [2.45, 2.75) is 17.4 Å². The van der Waals surface area contributed by atoms with Crippen molar-refractivity contribution in [2.75, 3.05) is 27.3 Å². The van der Waals surface area contributed by atoms with Crippen molar-refractivity contribution < 1.29 is 23.0 Å². The zero-order chi connectivity index (χ0) is 14.0. The zero-order valence-electron chi connectivity index (χ0n) is 10.9. The van der Waals surface area contributed by atoms with Crippen LogP contribution in [0.15, 0.2) is 23.1 Å². The van der Waals surface area contributed by atoms with Crippen LogP contribution in [0.3, 0.4) is 0 Å². The van der Waals surface area contributed by atoms with Crippen molar-refractivity contribution in [1.29, 1.82) is 0 Å². The van der Waals surface area contributed by atoms with Gasteiger partial charge in [-0.15, -0.1) is 0 Å². The lowest BCUT2D eigenvalue weighted by Crippen LogP contribution is -2.30. The van der Waals surface area contributed by atoms with E-state index in [4.69, 9.17) is 9.47 Å². The van der Waals surface area contributed by atoms with E-state index in [1.165, 1.54) is 24.6 Å². The second kappa shape index (κ2) is 5.36. The van der Waals surface area contributed by atoms with Crippen LogP contribution in [-0.4, -0.2) is 51.2 Å². The minimum Gasteiger partial charge on any atom is -0.493 e. The average molecular weight is 287 g/mol. The van der Waals surface area contributed by atoms with Crippen LogP contribution in [0.5, 0.6) is 11.5 Å². The van der Waals surface area contributed by atoms with Crippen LogP contribution < -0.4 is 9.47 Å². The SMILES string of the molecule is COc1cccc(S(=O)(=O)N2CCC(O)C2)c1OC. The molecule has 0 spiro atoms. The fourth-order valence-corrected chi connectivity index (χ4v) is 3.79. The summed E-state index contributed by atoms with van der Waals surface area (Å²) >= 11 is 0. The third-order valence-electron chi connectivity index (χ3n) is 3.11. The van der Waals surface area contributed by atoms with Gasteiger partial charge in [-0.2, -0.15) is 4.31 Å². The molecule has 1 fully saturated rings. The van der Waals surface area contributed by atoms with E-state index in [9.17, 15) is 13.5 Å². The Balaban J connectivity index is 2.46. The molecule has 1 heterocycles. The van der Waals surface area contributed by atoms with E-state index in [1.54, 1.807) is 12.1 Å². The maximum Gasteiger partial charge on any atom is 0.246 e. The molecule has 1 aliphatic heterocycles. The van der Waals surface area contributed by atoms with Crippen LogP contribution >= 0.6 is 0 Å². The van der Waals surface area contributed by atoms with Gasteiger partial charge in [-0.05, 0) is 18.6 Å². The highest BCUT2D eigenvalue weighted by Crippen LogP contribution is 2.36. The summed E-state index contributed by atoms with van der Waals surface area (Å²) in [5, 5.41) is 9.48. The van der Waals surface area contributed by atoms with E-state index in [0.717, 1.165) is 0 Å². The van der Waals surface area contributed by atoms with Crippen LogP contribution in [0.4, 0.5) is 0 Å². The van der Waals surface area contributed by atoms with Gasteiger partial charge in [0.1, 0.15) is 4.90 Å². The topological polar surface area (TPSA) is 76.1 Å². The summed E-state index contributed by atoms with van der Waals surface area (Å²) in [5.41, 5.74) is 0. The fourth-order valence-electron chi connectivity index (χ4n) is 2.13. The maximum atomic E-state index is 12.5. The Morgan fingerprint density at radius 2 is 2.05 bits per heavy atom. The van der Waals surface area contributed by atoms with Gasteiger partial charge in [0, 0.05) is 13.1 Å². The molecule has 7 heteroatoms. The number of hydrogen-bond acceptors (Lipinski definition) is 5. The first-order valence-corrected chi connectivity index (χ1v) is 7.34. The summed E-state index contributed by atoms with van der Waals surface area (Å²) in [4.78, 5) is 0.0588. The Morgan fingerprint density at radius 1 is 1.32 bits per heavy atom. The number of β-amino-alcohol motifs (C(OH)–C–C–N with tert-alkyl or cyclic N) is 1. The molecule has 1 atom stereocenters. The minimum atomic E-state index is -3.68. The number of aliphatic hydroxyl groups is 1. The van der Waals surface area contributed by atoms with Crippen molar-refractivity contribution in [2.24, 2.45) is 0 Å². The van der Waals surface area contributed by atoms with Gasteiger partial charge >= 0.3 is 0 Å². The number of aliphatic hydroxyl groups excluding tert-OH is 1. The third-order valence-corrected chi connectivity index (χ3v) is 5.00. The van der Waals surface area contributed by atoms with Gasteiger partial charge in [0.2, 0.25) is 10.0 Å². The normalized spacial score (nSPS) is 20.5. The summed E-state index contributed by atoms with van der Waals surface area (Å²) in [6.45, 7) is 0.423. The highest BCUT2D eigenvalue weighted by atomic mass is 32.2. The molecule has 106 valence electrons. The summed E-state index contributed by atoms with van der Waals surface area (Å²) in [5.74, 6) is 0.551. The molecule has 19 heavy (non-hydrogen) atoms. The largest absolute Gasteiger partial charge is 0.493 e. The van der Waals surface area contributed by atoms with Gasteiger partial charge in [0.15, 0.2) is 11.5 Å². The Bertz CT molecular complexity index is 557. The lowest BCUT2D eigenvalue weighted by molar-refractivity contribution is 0.189. The average Bonchev–Trinajstić information content (AvgIpc) is 2.85. The molecule has 1 aromatic carbocycles. The van der Waals surface area contributed by atoms with Gasteiger partial charge in [-0.3, -0.25) is 0 Å². The molecule has 1 saturated heterocycles. The first kappa shape index (κ1) is 14.1. The second-order valence-corrected chi connectivity index (χ2v) is 6.20. The Morgan fingerprint density at radius 3 is 2.58 bits per heavy atom. The van der Waals surface area contributed by atoms with E-state index < -0.39 is 16.1 Å². The molecule has 1 unspecified atom stereocenters. The predicted octanol–water partition coefficient (Wildman–Crippen LogP) is 0.459. The molecule has 6 nitrogen and oxygen atoms in total. The number of rotatable bonds is 4. The monoisotopic (exact) mass is 287 g/mol. The molecular weight excluding hydrogens is 270 g/mol. The van der Waals surface area contributed by atoms with Gasteiger partial charge in [0.05, 0.1) is 20.3 Å². The van der Waals surface area contributed by atoms with E-state index in [2.05, 4.69) is 0 Å². The first-order valence-electron chi connectivity index (χ1n) is 5.90. The Kier molecular flexibility index (Phi) is 3.98. The number of ether oxygens (including phenoxy) is 2. The Hall–Kier alpha value is -1.31. The van der Waals surface area contributed by atoms with E-state index in [-0.39, 0.29) is 17.2 Å². The Labute approximate surface area is 112 Å². The summed E-state index contributed by atoms with van der Waals surface area (Å²) in [6.07, 6.45) is -0.155. The molecule has 0 bridgehead atoms. The van der Waals surface area contributed by atoms with Gasteiger partial charge in [-0.1, -0.05) is 6.07 Å². The van der Waals surface area contributed by atoms with E-state index in [0.29, 0.717) is 18.7 Å². The molecule has 0 aromatic heterocycles. The molecule has 0 radical (unpaired) electrons. The minimum absolute atomic E-state index is 0.0588. The number of methoxy groups -OCH3 is 2. The molecule has 0 saturated carbocycles. The van der Waals surface area contributed by atoms with Gasteiger partial charge in [-0.25, -0.2) is 8.42 Å². The van der Waals surface area contributed by atoms with Crippen molar-refractivity contribution in [3.8, 4) is 11.5 Å². The van der Waals surface area contributed by atoms with Crippen LogP contribution in [0.1, 0.15) is 6.42 Å². The van der Waals surface area contributed by atoms with Gasteiger partial charge in [0.25, 0.3) is 0 Å². The second-order valence-electron chi connectivity index (χ2n) is 4.30. The number of hydrogen-bond donors (Lipinski definition) is 1. The highest BCUT2D eigenvalue weighted by Gasteiger charge is 2.34. The number of benzene rings is 1. The smallest absolute Gasteiger partial charge is 0.246 e. The van der Waals surface area contributed by atoms with E-state index >= 15 is 0 Å². The zero-order valence-corrected chi connectivity index (χ0v) is 11.7. The van der Waals surface area contributed by atoms with Crippen molar-refractivity contribution in [3.63, 3.8) is 0 Å². The molecule has 1 N–H and O–H groups in total. The quantitative estimate of drug-likeness (QED) is 0.870. The molecule has 2 rings (SSSR count). The lowest BCUT2D eigenvalue weighted by atomic mass is 10.3. The number of nitrogens with zero attached hydrogens (tertiary/aromatic N) is 1. The molecule has 1 aromatic rings. The van der Waals surface area contributed by atoms with Crippen molar-refractivity contribution >= 4 is 10.0 Å². The first-order chi connectivity index (χ1) is 9.00. The highest BCUT2D eigenvalue weighted by molar-refractivity contribution is 7.89.